The van der Waals surface area contributed by atoms with Crippen LogP contribution in [0.2, 0.25) is 0 Å². The van der Waals surface area contributed by atoms with Crippen LogP contribution in [0.5, 0.6) is 23.0 Å². The Balaban J connectivity index is 0.576. The molecular formula is C114H66N8O4. The van der Waals surface area contributed by atoms with Crippen LogP contribution in [0.3, 0.4) is 0 Å². The normalized spacial score (nSPS) is 13.2. The van der Waals surface area contributed by atoms with Gasteiger partial charge in [0.15, 0.2) is 34.9 Å². The molecule has 0 N–H and O–H groups in total. The summed E-state index contributed by atoms with van der Waals surface area (Å²) in [7, 11) is 0. The minimum absolute atomic E-state index is 0.488. The van der Waals surface area contributed by atoms with Crippen molar-refractivity contribution in [3.05, 3.63) is 445 Å². The Bertz CT molecular complexity index is 8200. The molecule has 0 atom stereocenters. The third-order valence-corrected chi connectivity index (χ3v) is 25.9. The van der Waals surface area contributed by atoms with E-state index in [0.717, 1.165) is 167 Å². The van der Waals surface area contributed by atoms with Crippen molar-refractivity contribution in [2.45, 2.75) is 10.8 Å². The third kappa shape index (κ3) is 10.8. The van der Waals surface area contributed by atoms with Gasteiger partial charge in [0.1, 0.15) is 45.3 Å². The molecule has 0 bridgehead atoms. The predicted molar refractivity (Wildman–Crippen MR) is 498 cm³/mol. The molecule has 2 spiro atoms. The Morgan fingerprint density at radius 3 is 1.19 bits per heavy atom. The lowest BCUT2D eigenvalue weighted by molar-refractivity contribution is 0.436. The molecule has 0 saturated carbocycles. The van der Waals surface area contributed by atoms with Crippen LogP contribution in [-0.4, -0.2) is 39.9 Å². The molecule has 8 heterocycles. The van der Waals surface area contributed by atoms with Crippen LogP contribution in [-0.2, 0) is 10.8 Å². The highest BCUT2D eigenvalue weighted by atomic mass is 16.5. The first-order valence-electron chi connectivity index (χ1n) is 42.3. The standard InChI is InChI=1S/C114H66N8O4/c1-3-22-68(23-4-1)107-117-109(121-111(119-107)84-32-20-42-103-104(84)86-61-72(49-56-97(86)123-103)74-47-52-83-82-31-9-12-35-90(82)114(94(83)63-74)92-37-14-17-40-100(92)124-101-41-18-15-38-93(101)114)70-45-43-67(44-46-70)96-55-48-78(66-116-96)79-53-54-85(112-120-108(69-24-5-2-6-25-69)118-110(122-112)76-27-19-26-71(60-76)77-28-21-59-115-65-77)105-87-62-73(50-57-98(87)126-106(79)105)75-51-58-102-95(64-75)113(91-36-13-16-39-99(91)125-102)88-33-10-7-29-80(88)81-30-8-11-34-89(81)113/h1-66H. The fourth-order valence-corrected chi connectivity index (χ4v) is 20.3. The van der Waals surface area contributed by atoms with Gasteiger partial charge in [0.25, 0.3) is 0 Å². The molecule has 0 radical (unpaired) electrons. The van der Waals surface area contributed by atoms with Crippen LogP contribution in [0, 0.1) is 0 Å². The maximum Gasteiger partial charge on any atom is 0.164 e. The Kier molecular flexibility index (Phi) is 15.6. The molecule has 2 aliphatic carbocycles. The minimum atomic E-state index is -0.655. The van der Waals surface area contributed by atoms with E-state index in [9.17, 15) is 0 Å². The SMILES string of the molecule is c1ccc(-c2nc(-c3ccc(-c4ccc(-c5ccc(-c6nc(-c7ccccc7)nc(-c7cccc(-c8cccnc8)c7)n6)c6c5oc5ccc(-c7ccc8c(c7)C7(c9ccccc9O8)c8ccccc8-c8ccccc87)cc56)cn4)cc3)nc(-c3cccc4oc5ccc(-c6ccc7c(c6)C6(c8ccccc8Oc8ccccc86)c6ccccc6-7)cc5c34)n2)cc1. The summed E-state index contributed by atoms with van der Waals surface area (Å²) in [5.74, 6) is 6.50. The van der Waals surface area contributed by atoms with Crippen LogP contribution in [0.15, 0.2) is 410 Å². The van der Waals surface area contributed by atoms with E-state index in [1.54, 1.807) is 6.20 Å². The van der Waals surface area contributed by atoms with Crippen LogP contribution >= 0.6 is 0 Å². The van der Waals surface area contributed by atoms with E-state index in [0.29, 0.717) is 46.1 Å². The molecule has 0 fully saturated rings. The first-order chi connectivity index (χ1) is 62.4. The molecule has 6 aromatic heterocycles. The molecule has 2 aliphatic heterocycles. The van der Waals surface area contributed by atoms with Crippen molar-refractivity contribution in [1.82, 2.24) is 39.9 Å². The molecule has 586 valence electrons. The molecule has 12 nitrogen and oxygen atoms in total. The molecule has 126 heavy (non-hydrogen) atoms. The quantitative estimate of drug-likeness (QED) is 0.121. The third-order valence-electron chi connectivity index (χ3n) is 25.9. The van der Waals surface area contributed by atoms with Crippen molar-refractivity contribution < 1.29 is 18.3 Å². The topological polar surface area (TPSA) is 148 Å². The number of hydrogen-bond acceptors (Lipinski definition) is 12. The predicted octanol–water partition coefficient (Wildman–Crippen LogP) is 27.9. The van der Waals surface area contributed by atoms with Gasteiger partial charge in [-0.25, -0.2) is 29.9 Å². The van der Waals surface area contributed by atoms with E-state index in [1.807, 2.05) is 103 Å². The molecular weight excluding hydrogens is 1550 g/mol. The molecule has 4 aliphatic rings. The highest BCUT2D eigenvalue weighted by molar-refractivity contribution is 6.17. The van der Waals surface area contributed by atoms with Gasteiger partial charge in [-0.15, -0.1) is 0 Å². The van der Waals surface area contributed by atoms with Gasteiger partial charge in [0, 0.05) is 118 Å². The second-order valence-electron chi connectivity index (χ2n) is 32.6. The van der Waals surface area contributed by atoms with Crippen molar-refractivity contribution in [2.24, 2.45) is 0 Å². The molecule has 22 aromatic rings. The smallest absolute Gasteiger partial charge is 0.164 e. The van der Waals surface area contributed by atoms with Crippen molar-refractivity contribution in [1.29, 1.82) is 0 Å². The lowest BCUT2D eigenvalue weighted by Gasteiger charge is -2.39. The molecule has 12 heteroatoms. The van der Waals surface area contributed by atoms with Gasteiger partial charge in [0.05, 0.1) is 16.5 Å². The number of benzene rings is 16. The van der Waals surface area contributed by atoms with Crippen LogP contribution in [0.4, 0.5) is 0 Å². The van der Waals surface area contributed by atoms with E-state index >= 15 is 0 Å². The summed E-state index contributed by atoms with van der Waals surface area (Å²) in [4.78, 5) is 41.7. The van der Waals surface area contributed by atoms with E-state index in [-0.39, 0.29) is 0 Å². The Hall–Kier alpha value is -17.0. The lowest BCUT2D eigenvalue weighted by Crippen LogP contribution is -2.32. The number of pyridine rings is 2. The van der Waals surface area contributed by atoms with E-state index in [4.69, 9.17) is 53.2 Å². The lowest BCUT2D eigenvalue weighted by atomic mass is 9.66. The first-order valence-corrected chi connectivity index (χ1v) is 42.3. The van der Waals surface area contributed by atoms with Crippen molar-refractivity contribution >= 4 is 43.9 Å². The number of fused-ring (bicyclic) bond motifs is 24. The Morgan fingerprint density at radius 2 is 0.603 bits per heavy atom. The minimum Gasteiger partial charge on any atom is -0.457 e. The molecule has 0 amide bonds. The summed E-state index contributed by atoms with van der Waals surface area (Å²) in [6.07, 6.45) is 5.59. The molecule has 0 unspecified atom stereocenters. The molecule has 0 saturated heterocycles. The van der Waals surface area contributed by atoms with Gasteiger partial charge in [-0.1, -0.05) is 285 Å². The zero-order valence-corrected chi connectivity index (χ0v) is 67.3. The second-order valence-corrected chi connectivity index (χ2v) is 32.6. The van der Waals surface area contributed by atoms with Gasteiger partial charge in [-0.05, 0) is 169 Å². The van der Waals surface area contributed by atoms with Crippen LogP contribution < -0.4 is 9.47 Å². The zero-order chi connectivity index (χ0) is 82.7. The monoisotopic (exact) mass is 1610 g/mol. The van der Waals surface area contributed by atoms with Gasteiger partial charge < -0.3 is 18.3 Å². The summed E-state index contributed by atoms with van der Waals surface area (Å²) in [6.45, 7) is 0. The van der Waals surface area contributed by atoms with E-state index < -0.39 is 10.8 Å². The fourth-order valence-electron chi connectivity index (χ4n) is 20.3. The number of aromatic nitrogens is 8. The second kappa shape index (κ2) is 27.8. The average Bonchev–Trinajstić information content (AvgIpc) is 1.50. The molecule has 16 aromatic carbocycles. The van der Waals surface area contributed by atoms with Crippen LogP contribution in [0.25, 0.3) is 190 Å². The fraction of sp³-hybridized carbons (Fsp3) is 0.0175. The maximum atomic E-state index is 7.28. The van der Waals surface area contributed by atoms with Gasteiger partial charge in [-0.2, -0.15) is 0 Å². The molecule has 26 rings (SSSR count). The van der Waals surface area contributed by atoms with Crippen molar-refractivity contribution in [2.75, 3.05) is 0 Å². The van der Waals surface area contributed by atoms with Crippen molar-refractivity contribution in [3.63, 3.8) is 0 Å². The maximum absolute atomic E-state index is 7.28. The highest BCUT2D eigenvalue weighted by Crippen LogP contribution is 2.65. The number of furan rings is 2. The number of ether oxygens (including phenoxy) is 2. The van der Waals surface area contributed by atoms with E-state index in [2.05, 4.69) is 296 Å². The van der Waals surface area contributed by atoms with Crippen molar-refractivity contribution in [3.8, 4) is 169 Å². The summed E-state index contributed by atoms with van der Waals surface area (Å²) in [5.41, 5.74) is 30.2. The highest BCUT2D eigenvalue weighted by Gasteiger charge is 2.53. The number of hydrogen-bond donors (Lipinski definition) is 0. The largest absolute Gasteiger partial charge is 0.457 e. The van der Waals surface area contributed by atoms with Gasteiger partial charge in [-0.3, -0.25) is 9.97 Å². The van der Waals surface area contributed by atoms with Gasteiger partial charge >= 0.3 is 0 Å². The number of para-hydroxylation sites is 3. The Morgan fingerprint density at radius 1 is 0.206 bits per heavy atom. The van der Waals surface area contributed by atoms with Gasteiger partial charge in [0.2, 0.25) is 0 Å². The summed E-state index contributed by atoms with van der Waals surface area (Å²) in [5, 5.41) is 3.59. The zero-order valence-electron chi connectivity index (χ0n) is 67.3. The van der Waals surface area contributed by atoms with Crippen LogP contribution in [0.1, 0.15) is 44.5 Å². The summed E-state index contributed by atoms with van der Waals surface area (Å²) < 4.78 is 27.7. The first kappa shape index (κ1) is 70.8. The summed E-state index contributed by atoms with van der Waals surface area (Å²) in [6, 6.07) is 134. The average molecular weight is 1610 g/mol. The number of nitrogens with zero attached hydrogens (tertiary/aromatic N) is 8. The Labute approximate surface area is 722 Å². The summed E-state index contributed by atoms with van der Waals surface area (Å²) >= 11 is 0. The number of rotatable bonds is 11. The van der Waals surface area contributed by atoms with E-state index in [1.165, 1.54) is 44.5 Å².